The summed E-state index contributed by atoms with van der Waals surface area (Å²) < 4.78 is 9.64. The Kier molecular flexibility index (Phi) is 7.55. The number of hydrogen-bond donors (Lipinski definition) is 1. The third-order valence-corrected chi connectivity index (χ3v) is 7.82. The predicted octanol–water partition coefficient (Wildman–Crippen LogP) is 6.63. The van der Waals surface area contributed by atoms with Crippen LogP contribution < -0.4 is 10.2 Å². The molecule has 1 aliphatic carbocycles. The van der Waals surface area contributed by atoms with E-state index in [1.165, 1.54) is 37.5 Å². The van der Waals surface area contributed by atoms with Crippen LogP contribution in [0.1, 0.15) is 82.7 Å². The van der Waals surface area contributed by atoms with E-state index in [0.29, 0.717) is 22.4 Å². The van der Waals surface area contributed by atoms with Gasteiger partial charge in [-0.05, 0) is 89.4 Å². The molecular weight excluding hydrogens is 492 g/mol. The summed E-state index contributed by atoms with van der Waals surface area (Å²) >= 11 is 0. The Morgan fingerprint density at radius 2 is 1.26 bits per heavy atom. The van der Waals surface area contributed by atoms with Gasteiger partial charge in [-0.15, -0.1) is 0 Å². The summed E-state index contributed by atoms with van der Waals surface area (Å²) in [6, 6.07) is 17.8. The molecule has 39 heavy (non-hydrogen) atoms. The number of benzene rings is 3. The van der Waals surface area contributed by atoms with E-state index in [1.54, 1.807) is 30.3 Å². The molecule has 0 aliphatic heterocycles. The molecule has 0 radical (unpaired) electrons. The van der Waals surface area contributed by atoms with Crippen molar-refractivity contribution in [2.45, 2.75) is 51.4 Å². The maximum Gasteiger partial charge on any atom is 0.337 e. The zero-order valence-electron chi connectivity index (χ0n) is 23.7. The number of rotatable bonds is 6. The maximum atomic E-state index is 13.2. The van der Waals surface area contributed by atoms with Gasteiger partial charge in [0.15, 0.2) is 0 Å². The summed E-state index contributed by atoms with van der Waals surface area (Å²) in [7, 11) is 4.57. The molecule has 3 aromatic rings. The highest BCUT2D eigenvalue weighted by Crippen LogP contribution is 2.47. The summed E-state index contributed by atoms with van der Waals surface area (Å²) in [4.78, 5) is 39.3. The number of amides is 1. The Hall–Kier alpha value is -4.13. The molecular formula is C32H36N2O5. The van der Waals surface area contributed by atoms with Crippen LogP contribution in [0.4, 0.5) is 17.1 Å². The van der Waals surface area contributed by atoms with E-state index in [4.69, 9.17) is 9.47 Å². The van der Waals surface area contributed by atoms with E-state index in [1.807, 2.05) is 11.9 Å². The average molecular weight is 529 g/mol. The SMILES string of the molecule is COC(=O)c1ccc(C(=O)Nc2cc(C(=O)OC)ccc2N(C)c2ccc3c(c2)C(C)(C)CCC3(C)C)cc1. The molecule has 0 unspecified atom stereocenters. The molecule has 1 amide bonds. The van der Waals surface area contributed by atoms with Crippen LogP contribution in [0, 0.1) is 0 Å². The van der Waals surface area contributed by atoms with Gasteiger partial charge in [0, 0.05) is 18.3 Å². The van der Waals surface area contributed by atoms with E-state index in [9.17, 15) is 14.4 Å². The third-order valence-electron chi connectivity index (χ3n) is 7.82. The van der Waals surface area contributed by atoms with Crippen molar-refractivity contribution in [1.29, 1.82) is 0 Å². The van der Waals surface area contributed by atoms with E-state index >= 15 is 0 Å². The number of hydrogen-bond acceptors (Lipinski definition) is 6. The second kappa shape index (κ2) is 10.6. The number of nitrogens with zero attached hydrogens (tertiary/aromatic N) is 1. The first-order chi connectivity index (χ1) is 18.4. The van der Waals surface area contributed by atoms with Gasteiger partial charge in [0.2, 0.25) is 0 Å². The largest absolute Gasteiger partial charge is 0.465 e. The highest BCUT2D eigenvalue weighted by atomic mass is 16.5. The van der Waals surface area contributed by atoms with Crippen molar-refractivity contribution in [1.82, 2.24) is 0 Å². The van der Waals surface area contributed by atoms with Crippen molar-refractivity contribution >= 4 is 34.9 Å². The maximum absolute atomic E-state index is 13.2. The lowest BCUT2D eigenvalue weighted by Crippen LogP contribution is -2.34. The van der Waals surface area contributed by atoms with E-state index < -0.39 is 11.9 Å². The minimum absolute atomic E-state index is 0.0455. The summed E-state index contributed by atoms with van der Waals surface area (Å²) in [6.45, 7) is 9.16. The quantitative estimate of drug-likeness (QED) is 0.362. The molecule has 0 heterocycles. The highest BCUT2D eigenvalue weighted by molar-refractivity contribution is 6.07. The van der Waals surface area contributed by atoms with Gasteiger partial charge in [-0.2, -0.15) is 0 Å². The normalized spacial score (nSPS) is 15.1. The van der Waals surface area contributed by atoms with Gasteiger partial charge in [-0.1, -0.05) is 33.8 Å². The monoisotopic (exact) mass is 528 g/mol. The number of esters is 2. The lowest BCUT2D eigenvalue weighted by Gasteiger charge is -2.42. The Balaban J connectivity index is 1.72. The fourth-order valence-corrected chi connectivity index (χ4v) is 5.17. The highest BCUT2D eigenvalue weighted by Gasteiger charge is 2.37. The minimum Gasteiger partial charge on any atom is -0.465 e. The molecule has 0 bridgehead atoms. The zero-order valence-corrected chi connectivity index (χ0v) is 23.7. The van der Waals surface area contributed by atoms with E-state index in [2.05, 4.69) is 51.2 Å². The van der Waals surface area contributed by atoms with Crippen molar-refractivity contribution in [2.75, 3.05) is 31.5 Å². The molecule has 204 valence electrons. The molecule has 7 heteroatoms. The lowest BCUT2D eigenvalue weighted by atomic mass is 9.63. The first-order valence-electron chi connectivity index (χ1n) is 13.0. The first kappa shape index (κ1) is 27.9. The summed E-state index contributed by atoms with van der Waals surface area (Å²) in [5, 5.41) is 2.95. The van der Waals surface area contributed by atoms with Crippen LogP contribution in [0.5, 0.6) is 0 Å². The summed E-state index contributed by atoms with van der Waals surface area (Å²) in [6.07, 6.45) is 2.23. The van der Waals surface area contributed by atoms with Crippen LogP contribution in [0.15, 0.2) is 60.7 Å². The Bertz CT molecular complexity index is 1420. The molecule has 0 fully saturated rings. The van der Waals surface area contributed by atoms with Gasteiger partial charge >= 0.3 is 11.9 Å². The number of nitrogens with one attached hydrogen (secondary N) is 1. The van der Waals surface area contributed by atoms with Crippen LogP contribution in [0.2, 0.25) is 0 Å². The standard InChI is InChI=1S/C32H36N2O5/c1-31(2)16-17-32(3,4)25-19-23(13-14-24(25)31)34(5)27-15-12-22(30(37)39-7)18-26(27)33-28(35)20-8-10-21(11-9-20)29(36)38-6/h8-15,18-19H,16-17H2,1-7H3,(H,33,35). The molecule has 0 saturated carbocycles. The second-order valence-electron chi connectivity index (χ2n) is 11.3. The number of anilines is 3. The van der Waals surface area contributed by atoms with Crippen LogP contribution >= 0.6 is 0 Å². The molecule has 4 rings (SSSR count). The van der Waals surface area contributed by atoms with Gasteiger partial charge in [0.25, 0.3) is 5.91 Å². The van der Waals surface area contributed by atoms with Crippen LogP contribution in [0.3, 0.4) is 0 Å². The Morgan fingerprint density at radius 3 is 1.87 bits per heavy atom. The molecule has 0 spiro atoms. The zero-order chi connectivity index (χ0) is 28.5. The average Bonchev–Trinajstić information content (AvgIpc) is 2.94. The van der Waals surface area contributed by atoms with Crippen LogP contribution in [0.25, 0.3) is 0 Å². The topological polar surface area (TPSA) is 84.9 Å². The van der Waals surface area contributed by atoms with Crippen molar-refractivity contribution < 1.29 is 23.9 Å². The number of ether oxygens (including phenoxy) is 2. The molecule has 0 atom stereocenters. The smallest absolute Gasteiger partial charge is 0.337 e. The van der Waals surface area contributed by atoms with Crippen molar-refractivity contribution in [3.8, 4) is 0 Å². The van der Waals surface area contributed by atoms with Gasteiger partial charge in [-0.25, -0.2) is 9.59 Å². The first-order valence-corrected chi connectivity index (χ1v) is 13.0. The Labute approximate surface area is 230 Å². The fraction of sp³-hybridized carbons (Fsp3) is 0.344. The number of methoxy groups -OCH3 is 2. The van der Waals surface area contributed by atoms with Crippen molar-refractivity contribution in [3.05, 3.63) is 88.5 Å². The second-order valence-corrected chi connectivity index (χ2v) is 11.3. The van der Waals surface area contributed by atoms with E-state index in [-0.39, 0.29) is 16.7 Å². The molecule has 7 nitrogen and oxygen atoms in total. The number of fused-ring (bicyclic) bond motifs is 1. The van der Waals surface area contributed by atoms with Gasteiger partial charge in [-0.3, -0.25) is 4.79 Å². The molecule has 1 aliphatic rings. The lowest BCUT2D eigenvalue weighted by molar-refractivity contribution is 0.0592. The van der Waals surface area contributed by atoms with Crippen LogP contribution in [-0.4, -0.2) is 39.1 Å². The van der Waals surface area contributed by atoms with Crippen LogP contribution in [-0.2, 0) is 20.3 Å². The summed E-state index contributed by atoms with van der Waals surface area (Å²) in [5.41, 5.74) is 6.01. The van der Waals surface area contributed by atoms with Crippen molar-refractivity contribution in [3.63, 3.8) is 0 Å². The van der Waals surface area contributed by atoms with Gasteiger partial charge < -0.3 is 19.7 Å². The molecule has 1 N–H and O–H groups in total. The fourth-order valence-electron chi connectivity index (χ4n) is 5.17. The third kappa shape index (κ3) is 5.53. The van der Waals surface area contributed by atoms with Gasteiger partial charge in [0.1, 0.15) is 0 Å². The molecule has 3 aromatic carbocycles. The van der Waals surface area contributed by atoms with E-state index in [0.717, 1.165) is 24.2 Å². The molecule has 0 aromatic heterocycles. The van der Waals surface area contributed by atoms with Gasteiger partial charge in [0.05, 0.1) is 36.7 Å². The molecule has 0 saturated heterocycles. The van der Waals surface area contributed by atoms with Crippen molar-refractivity contribution in [2.24, 2.45) is 0 Å². The minimum atomic E-state index is -0.500. The predicted molar refractivity (Wildman–Crippen MR) is 153 cm³/mol. The number of carbonyl (C=O) groups excluding carboxylic acids is 3. The summed E-state index contributed by atoms with van der Waals surface area (Å²) in [5.74, 6) is -1.36. The number of carbonyl (C=O) groups is 3. The Morgan fingerprint density at radius 1 is 0.718 bits per heavy atom.